The number of aliphatic hydroxyl groups excluding tert-OH is 1. The number of hydrogen-bond acceptors (Lipinski definition) is 5. The normalized spacial score (nSPS) is 19.5. The molecule has 1 aromatic heterocycles. The third-order valence-electron chi connectivity index (χ3n) is 4.68. The van der Waals surface area contributed by atoms with E-state index in [1.54, 1.807) is 6.20 Å². The van der Waals surface area contributed by atoms with Crippen molar-refractivity contribution in [2.45, 2.75) is 39.3 Å². The van der Waals surface area contributed by atoms with Gasteiger partial charge in [0.25, 0.3) is 0 Å². The van der Waals surface area contributed by atoms with E-state index in [1.807, 2.05) is 17.7 Å². The van der Waals surface area contributed by atoms with E-state index in [9.17, 15) is 4.79 Å². The molecule has 7 heteroatoms. The van der Waals surface area contributed by atoms with E-state index in [1.165, 1.54) is 0 Å². The number of aromatic nitrogens is 2. The monoisotopic (exact) mass is 323 g/mol. The van der Waals surface area contributed by atoms with Crippen molar-refractivity contribution in [3.05, 3.63) is 12.3 Å². The van der Waals surface area contributed by atoms with Gasteiger partial charge < -0.3 is 10.4 Å². The summed E-state index contributed by atoms with van der Waals surface area (Å²) in [6.45, 7) is 10.5. The highest BCUT2D eigenvalue weighted by Crippen LogP contribution is 2.17. The molecular weight excluding hydrogens is 294 g/mol. The summed E-state index contributed by atoms with van der Waals surface area (Å²) in [5.41, 5.74) is 0. The van der Waals surface area contributed by atoms with Gasteiger partial charge in [-0.15, -0.1) is 0 Å². The summed E-state index contributed by atoms with van der Waals surface area (Å²) in [6.07, 6.45) is 2.69. The zero-order chi connectivity index (χ0) is 16.8. The van der Waals surface area contributed by atoms with Crippen LogP contribution in [0, 0.1) is 0 Å². The second kappa shape index (κ2) is 8.42. The van der Waals surface area contributed by atoms with Crippen LogP contribution in [0.5, 0.6) is 0 Å². The van der Waals surface area contributed by atoms with Gasteiger partial charge in [0, 0.05) is 38.8 Å². The fourth-order valence-corrected chi connectivity index (χ4v) is 2.85. The number of carbonyl (C=O) groups is 1. The Labute approximate surface area is 138 Å². The number of rotatable bonds is 7. The Morgan fingerprint density at radius 1 is 1.35 bits per heavy atom. The molecule has 0 aliphatic carbocycles. The molecule has 1 amide bonds. The summed E-state index contributed by atoms with van der Waals surface area (Å²) in [5, 5.41) is 16.3. The van der Waals surface area contributed by atoms with Crippen molar-refractivity contribution in [2.24, 2.45) is 0 Å². The van der Waals surface area contributed by atoms with Crippen LogP contribution in [-0.4, -0.2) is 76.0 Å². The lowest BCUT2D eigenvalue weighted by atomic mass is 10.2. The average molecular weight is 323 g/mol. The molecule has 1 fully saturated rings. The highest BCUT2D eigenvalue weighted by molar-refractivity contribution is 5.93. The van der Waals surface area contributed by atoms with Crippen LogP contribution >= 0.6 is 0 Å². The van der Waals surface area contributed by atoms with Gasteiger partial charge >= 0.3 is 0 Å². The lowest BCUT2D eigenvalue weighted by Gasteiger charge is -2.37. The number of nitrogens with one attached hydrogen (secondary N) is 1. The Kier molecular flexibility index (Phi) is 6.56. The fraction of sp³-hybridized carbons (Fsp3) is 0.750. The van der Waals surface area contributed by atoms with E-state index >= 15 is 0 Å². The van der Waals surface area contributed by atoms with Gasteiger partial charge in [-0.25, -0.2) is 4.68 Å². The molecule has 0 aromatic carbocycles. The van der Waals surface area contributed by atoms with Crippen molar-refractivity contribution in [2.75, 3.05) is 44.6 Å². The number of aliphatic hydroxyl groups is 1. The number of amides is 1. The molecule has 1 aliphatic rings. The van der Waals surface area contributed by atoms with Crippen molar-refractivity contribution in [3.8, 4) is 0 Å². The first-order chi connectivity index (χ1) is 11.1. The van der Waals surface area contributed by atoms with Crippen LogP contribution < -0.4 is 5.32 Å². The average Bonchev–Trinajstić information content (AvgIpc) is 3.02. The van der Waals surface area contributed by atoms with Crippen LogP contribution in [0.15, 0.2) is 12.3 Å². The molecule has 0 radical (unpaired) electrons. The van der Waals surface area contributed by atoms with Gasteiger partial charge in [-0.3, -0.25) is 14.6 Å². The van der Waals surface area contributed by atoms with Crippen LogP contribution in [-0.2, 0) is 4.79 Å². The Morgan fingerprint density at radius 2 is 2.04 bits per heavy atom. The van der Waals surface area contributed by atoms with Crippen LogP contribution in [0.1, 0.15) is 33.2 Å². The summed E-state index contributed by atoms with van der Waals surface area (Å²) in [7, 11) is 0. The zero-order valence-corrected chi connectivity index (χ0v) is 14.4. The summed E-state index contributed by atoms with van der Waals surface area (Å²) in [4.78, 5) is 16.9. The number of anilines is 1. The van der Waals surface area contributed by atoms with Crippen molar-refractivity contribution in [1.29, 1.82) is 0 Å². The minimum Gasteiger partial charge on any atom is -0.395 e. The largest absolute Gasteiger partial charge is 0.395 e. The molecule has 0 spiro atoms. The fourth-order valence-electron chi connectivity index (χ4n) is 2.85. The van der Waals surface area contributed by atoms with Crippen LogP contribution in [0.25, 0.3) is 0 Å². The predicted octanol–water partition coefficient (Wildman–Crippen LogP) is 0.791. The maximum Gasteiger partial charge on any atom is 0.242 e. The number of carbonyl (C=O) groups excluding carboxylic acids is 1. The van der Waals surface area contributed by atoms with E-state index in [-0.39, 0.29) is 24.6 Å². The maximum absolute atomic E-state index is 12.5. The molecule has 7 nitrogen and oxygen atoms in total. The molecule has 1 saturated heterocycles. The van der Waals surface area contributed by atoms with Gasteiger partial charge in [0.2, 0.25) is 5.91 Å². The highest BCUT2D eigenvalue weighted by Gasteiger charge is 2.26. The third kappa shape index (κ3) is 4.53. The van der Waals surface area contributed by atoms with E-state index in [4.69, 9.17) is 5.11 Å². The van der Waals surface area contributed by atoms with Crippen LogP contribution in [0.4, 0.5) is 5.82 Å². The number of nitrogens with zero attached hydrogens (tertiary/aromatic N) is 4. The summed E-state index contributed by atoms with van der Waals surface area (Å²) < 4.78 is 1.86. The Morgan fingerprint density at radius 3 is 2.65 bits per heavy atom. The molecular formula is C16H29N5O2. The second-order valence-electron chi connectivity index (χ2n) is 6.18. The van der Waals surface area contributed by atoms with Gasteiger partial charge in [0.1, 0.15) is 5.82 Å². The second-order valence-corrected chi connectivity index (χ2v) is 6.18. The van der Waals surface area contributed by atoms with E-state index in [0.29, 0.717) is 6.54 Å². The van der Waals surface area contributed by atoms with Crippen LogP contribution in [0.2, 0.25) is 0 Å². The van der Waals surface area contributed by atoms with E-state index in [0.717, 1.165) is 38.4 Å². The molecule has 130 valence electrons. The molecule has 2 N–H and O–H groups in total. The summed E-state index contributed by atoms with van der Waals surface area (Å²) in [6, 6.07) is 1.93. The number of hydrogen-bond donors (Lipinski definition) is 2. The molecule has 0 bridgehead atoms. The van der Waals surface area contributed by atoms with Gasteiger partial charge in [-0.2, -0.15) is 5.10 Å². The van der Waals surface area contributed by atoms with Gasteiger partial charge in [0.05, 0.1) is 24.9 Å². The minimum atomic E-state index is -0.174. The van der Waals surface area contributed by atoms with Gasteiger partial charge in [-0.1, -0.05) is 6.92 Å². The Bertz CT molecular complexity index is 496. The van der Waals surface area contributed by atoms with Crippen molar-refractivity contribution >= 4 is 11.7 Å². The highest BCUT2D eigenvalue weighted by atomic mass is 16.3. The maximum atomic E-state index is 12.5. The van der Waals surface area contributed by atoms with E-state index in [2.05, 4.69) is 34.1 Å². The predicted molar refractivity (Wildman–Crippen MR) is 90.4 cm³/mol. The molecule has 23 heavy (non-hydrogen) atoms. The smallest absolute Gasteiger partial charge is 0.242 e. The van der Waals surface area contributed by atoms with Crippen molar-refractivity contribution in [1.82, 2.24) is 19.6 Å². The van der Waals surface area contributed by atoms with Crippen molar-refractivity contribution in [3.63, 3.8) is 0 Å². The van der Waals surface area contributed by atoms with Gasteiger partial charge in [0.15, 0.2) is 0 Å². The standard InChI is InChI=1S/C16H29N5O2/c1-4-13(2)21-15(5-6-17-21)18-16(23)14(3)20-9-7-19(8-10-20)11-12-22/h5-6,13-14,22H,4,7-12H2,1-3H3,(H,18,23)/t13-,14+/m0/s1. The molecule has 2 atom stereocenters. The number of β-amino-alcohol motifs (C(OH)–C–C–N with tert-alkyl or cyclic N) is 1. The molecule has 1 aromatic rings. The van der Waals surface area contributed by atoms with Crippen molar-refractivity contribution < 1.29 is 9.90 Å². The molecule has 2 rings (SSSR count). The lowest BCUT2D eigenvalue weighted by Crippen LogP contribution is -2.53. The first kappa shape index (κ1) is 17.9. The zero-order valence-electron chi connectivity index (χ0n) is 14.4. The number of piperazine rings is 1. The minimum absolute atomic E-state index is 0.00524. The molecule has 1 aliphatic heterocycles. The van der Waals surface area contributed by atoms with Gasteiger partial charge in [-0.05, 0) is 20.3 Å². The molecule has 2 heterocycles. The summed E-state index contributed by atoms with van der Waals surface area (Å²) >= 11 is 0. The topological polar surface area (TPSA) is 73.6 Å². The SMILES string of the molecule is CC[C@H](C)n1nccc1NC(=O)[C@@H](C)N1CCN(CCO)CC1. The first-order valence-corrected chi connectivity index (χ1v) is 8.48. The molecule has 0 unspecified atom stereocenters. The quantitative estimate of drug-likeness (QED) is 0.776. The Balaban J connectivity index is 1.90. The van der Waals surface area contributed by atoms with Crippen LogP contribution in [0.3, 0.4) is 0 Å². The van der Waals surface area contributed by atoms with E-state index < -0.39 is 0 Å². The third-order valence-corrected chi connectivity index (χ3v) is 4.68. The summed E-state index contributed by atoms with van der Waals surface area (Å²) in [5.74, 6) is 0.765. The molecule has 0 saturated carbocycles. The Hall–Kier alpha value is -1.44. The first-order valence-electron chi connectivity index (χ1n) is 8.48. The lowest BCUT2D eigenvalue weighted by molar-refractivity contribution is -0.121.